The molecular formula is C19H18N2O3. The van der Waals surface area contributed by atoms with E-state index in [2.05, 4.69) is 10.3 Å². The van der Waals surface area contributed by atoms with Gasteiger partial charge in [0.1, 0.15) is 5.76 Å². The zero-order valence-corrected chi connectivity index (χ0v) is 13.6. The summed E-state index contributed by atoms with van der Waals surface area (Å²) in [5.74, 6) is 0.181. The van der Waals surface area contributed by atoms with Crippen molar-refractivity contribution in [1.82, 2.24) is 5.32 Å². The quantitative estimate of drug-likeness (QED) is 0.869. The minimum Gasteiger partial charge on any atom is -0.465 e. The van der Waals surface area contributed by atoms with Crippen molar-refractivity contribution < 1.29 is 14.0 Å². The van der Waals surface area contributed by atoms with Crippen LogP contribution < -0.4 is 5.32 Å². The van der Waals surface area contributed by atoms with Gasteiger partial charge in [0.2, 0.25) is 0 Å². The minimum absolute atomic E-state index is 0.0466. The van der Waals surface area contributed by atoms with Gasteiger partial charge < -0.3 is 9.73 Å². The number of amides is 2. The van der Waals surface area contributed by atoms with E-state index in [1.54, 1.807) is 30.4 Å². The van der Waals surface area contributed by atoms with Gasteiger partial charge >= 0.3 is 0 Å². The molecule has 1 N–H and O–H groups in total. The fourth-order valence-electron chi connectivity index (χ4n) is 2.87. The van der Waals surface area contributed by atoms with Crippen LogP contribution in [-0.4, -0.2) is 17.5 Å². The molecule has 1 atom stereocenters. The fraction of sp³-hybridized carbons (Fsp3) is 0.211. The first-order valence-corrected chi connectivity index (χ1v) is 7.83. The van der Waals surface area contributed by atoms with E-state index in [0.29, 0.717) is 17.9 Å². The molecule has 0 radical (unpaired) electrons. The van der Waals surface area contributed by atoms with Crippen molar-refractivity contribution in [3.63, 3.8) is 0 Å². The van der Waals surface area contributed by atoms with Crippen molar-refractivity contribution in [2.45, 2.75) is 20.3 Å². The Bertz CT molecular complexity index is 821. The van der Waals surface area contributed by atoms with Gasteiger partial charge in [0, 0.05) is 23.3 Å². The fourth-order valence-corrected chi connectivity index (χ4v) is 2.87. The Labute approximate surface area is 140 Å². The Balaban J connectivity index is 1.79. The van der Waals surface area contributed by atoms with Crippen LogP contribution in [0.2, 0.25) is 0 Å². The third-order valence-electron chi connectivity index (χ3n) is 4.10. The maximum atomic E-state index is 12.1. The van der Waals surface area contributed by atoms with Crippen molar-refractivity contribution in [3.8, 4) is 0 Å². The van der Waals surface area contributed by atoms with E-state index in [9.17, 15) is 9.59 Å². The molecule has 0 spiro atoms. The molecule has 1 aromatic heterocycles. The molecule has 1 unspecified atom stereocenters. The van der Waals surface area contributed by atoms with Crippen LogP contribution in [0.15, 0.2) is 69.0 Å². The number of nitrogens with one attached hydrogen (secondary N) is 1. The molecule has 1 aliphatic carbocycles. The number of hydrogen-bond donors (Lipinski definition) is 1. The van der Waals surface area contributed by atoms with Crippen LogP contribution in [0.3, 0.4) is 0 Å². The highest BCUT2D eigenvalue weighted by Gasteiger charge is 2.28. The second-order valence-corrected chi connectivity index (χ2v) is 5.63. The predicted octanol–water partition coefficient (Wildman–Crippen LogP) is 3.19. The average Bonchev–Trinajstić information content (AvgIpc) is 3.06. The number of hydrogen-bond acceptors (Lipinski definition) is 3. The number of nitrogens with zero attached hydrogens (tertiary/aromatic N) is 1. The third kappa shape index (κ3) is 3.20. The zero-order chi connectivity index (χ0) is 17.1. The standard InChI is InChI=1S/C19H18N2O3/c1-3-15-12(2)16-8-6-13(11-17(16)21-19(15)23)20-18(22)9-7-14-5-4-10-24-14/h4-11,16H,3H2,1-2H3,(H,21,23)/b9-7+,20-13?. The first-order valence-electron chi connectivity index (χ1n) is 7.83. The highest BCUT2D eigenvalue weighted by molar-refractivity contribution is 6.13. The smallest absolute Gasteiger partial charge is 0.270 e. The molecule has 24 heavy (non-hydrogen) atoms. The van der Waals surface area contributed by atoms with Crippen molar-refractivity contribution in [2.75, 3.05) is 0 Å². The molecule has 3 rings (SSSR count). The van der Waals surface area contributed by atoms with Gasteiger partial charge in [-0.2, -0.15) is 0 Å². The monoisotopic (exact) mass is 322 g/mol. The molecule has 2 aliphatic rings. The molecule has 2 heterocycles. The summed E-state index contributed by atoms with van der Waals surface area (Å²) in [5.41, 5.74) is 3.15. The van der Waals surface area contributed by atoms with Crippen LogP contribution in [0.4, 0.5) is 0 Å². The van der Waals surface area contributed by atoms with Gasteiger partial charge in [0.15, 0.2) is 0 Å². The van der Waals surface area contributed by atoms with Crippen LogP contribution in [0.1, 0.15) is 26.0 Å². The summed E-state index contributed by atoms with van der Waals surface area (Å²) in [6, 6.07) is 3.50. The maximum absolute atomic E-state index is 12.1. The Kier molecular flexibility index (Phi) is 4.42. The van der Waals surface area contributed by atoms with Gasteiger partial charge in [-0.15, -0.1) is 0 Å². The molecular weight excluding hydrogens is 304 g/mol. The minimum atomic E-state index is -0.384. The van der Waals surface area contributed by atoms with Crippen LogP contribution >= 0.6 is 0 Å². The van der Waals surface area contributed by atoms with Gasteiger partial charge in [0.25, 0.3) is 11.8 Å². The first-order chi connectivity index (χ1) is 11.6. The first kappa shape index (κ1) is 15.9. The average molecular weight is 322 g/mol. The van der Waals surface area contributed by atoms with Gasteiger partial charge in [-0.1, -0.05) is 18.6 Å². The molecule has 1 aliphatic heterocycles. The predicted molar refractivity (Wildman–Crippen MR) is 92.0 cm³/mol. The molecule has 0 saturated heterocycles. The summed E-state index contributed by atoms with van der Waals surface area (Å²) in [7, 11) is 0. The van der Waals surface area contributed by atoms with Crippen LogP contribution in [0, 0.1) is 5.92 Å². The normalized spacial score (nSPS) is 21.9. The van der Waals surface area contributed by atoms with Gasteiger partial charge in [0.05, 0.1) is 12.0 Å². The molecule has 0 aromatic carbocycles. The summed E-state index contributed by atoms with van der Waals surface area (Å²) in [6.45, 7) is 3.94. The molecule has 5 nitrogen and oxygen atoms in total. The van der Waals surface area contributed by atoms with E-state index >= 15 is 0 Å². The second kappa shape index (κ2) is 6.66. The van der Waals surface area contributed by atoms with E-state index in [4.69, 9.17) is 4.42 Å². The molecule has 0 saturated carbocycles. The summed E-state index contributed by atoms with van der Waals surface area (Å²) in [5, 5.41) is 2.90. The van der Waals surface area contributed by atoms with Crippen LogP contribution in [-0.2, 0) is 9.59 Å². The summed E-state index contributed by atoms with van der Waals surface area (Å²) < 4.78 is 5.12. The SMILES string of the molecule is CCC1=C(C)C2C=CC(=NC(=O)/C=C/c3ccco3)C=C2NC1=O. The number of fused-ring (bicyclic) bond motifs is 1. The van der Waals surface area contributed by atoms with E-state index in [0.717, 1.165) is 16.8 Å². The second-order valence-electron chi connectivity index (χ2n) is 5.63. The van der Waals surface area contributed by atoms with Crippen molar-refractivity contribution in [1.29, 1.82) is 0 Å². The number of rotatable bonds is 3. The highest BCUT2D eigenvalue weighted by atomic mass is 16.3. The zero-order valence-electron chi connectivity index (χ0n) is 13.6. The van der Waals surface area contributed by atoms with E-state index < -0.39 is 0 Å². The molecule has 0 bridgehead atoms. The summed E-state index contributed by atoms with van der Waals surface area (Å²) in [4.78, 5) is 28.0. The number of aliphatic imine (C=N–C) groups is 1. The van der Waals surface area contributed by atoms with Crippen molar-refractivity contribution in [2.24, 2.45) is 10.9 Å². The van der Waals surface area contributed by atoms with E-state index in [1.807, 2.05) is 19.9 Å². The van der Waals surface area contributed by atoms with Gasteiger partial charge in [-0.3, -0.25) is 9.59 Å². The third-order valence-corrected chi connectivity index (χ3v) is 4.10. The topological polar surface area (TPSA) is 71.7 Å². The molecule has 2 amide bonds. The largest absolute Gasteiger partial charge is 0.465 e. The Morgan fingerprint density at radius 2 is 2.29 bits per heavy atom. The van der Waals surface area contributed by atoms with Gasteiger partial charge in [-0.25, -0.2) is 4.99 Å². The summed E-state index contributed by atoms with van der Waals surface area (Å²) in [6.07, 6.45) is 10.7. The Morgan fingerprint density at radius 3 is 3.00 bits per heavy atom. The number of allylic oxidation sites excluding steroid dienone is 3. The molecule has 122 valence electrons. The van der Waals surface area contributed by atoms with Crippen LogP contribution in [0.5, 0.6) is 0 Å². The number of carbonyl (C=O) groups is 2. The highest BCUT2D eigenvalue weighted by Crippen LogP contribution is 2.31. The lowest BCUT2D eigenvalue weighted by molar-refractivity contribution is -0.117. The number of carbonyl (C=O) groups excluding carboxylic acids is 2. The lowest BCUT2D eigenvalue weighted by atomic mass is 9.84. The van der Waals surface area contributed by atoms with Crippen molar-refractivity contribution in [3.05, 3.63) is 65.3 Å². The van der Waals surface area contributed by atoms with Crippen LogP contribution in [0.25, 0.3) is 6.08 Å². The molecule has 5 heteroatoms. The van der Waals surface area contributed by atoms with E-state index in [-0.39, 0.29) is 17.7 Å². The lowest BCUT2D eigenvalue weighted by Crippen LogP contribution is -2.36. The Morgan fingerprint density at radius 1 is 1.46 bits per heavy atom. The molecule has 0 fully saturated rings. The Hall–Kier alpha value is -2.95. The maximum Gasteiger partial charge on any atom is 0.270 e. The number of furan rings is 1. The summed E-state index contributed by atoms with van der Waals surface area (Å²) >= 11 is 0. The van der Waals surface area contributed by atoms with Gasteiger partial charge in [-0.05, 0) is 43.7 Å². The van der Waals surface area contributed by atoms with E-state index in [1.165, 1.54) is 12.3 Å². The molecule has 1 aromatic rings. The van der Waals surface area contributed by atoms with Crippen molar-refractivity contribution >= 4 is 23.6 Å². The lowest BCUT2D eigenvalue weighted by Gasteiger charge is -2.29.